The van der Waals surface area contributed by atoms with Crippen LogP contribution in [0.4, 0.5) is 4.39 Å². The van der Waals surface area contributed by atoms with Gasteiger partial charge in [-0.2, -0.15) is 0 Å². The molecule has 0 amide bonds. The minimum atomic E-state index is -0.286. The lowest BCUT2D eigenvalue weighted by Crippen LogP contribution is -2.05. The Hall–Kier alpha value is -2.55. The molecule has 0 fully saturated rings. The first-order valence-corrected chi connectivity index (χ1v) is 11.4. The monoisotopic (exact) mass is 455 g/mol. The van der Waals surface area contributed by atoms with Crippen molar-refractivity contribution >= 4 is 41.1 Å². The highest BCUT2D eigenvalue weighted by Crippen LogP contribution is 2.27. The summed E-state index contributed by atoms with van der Waals surface area (Å²) in [5.41, 5.74) is 4.16. The summed E-state index contributed by atoms with van der Waals surface area (Å²) in [7, 11) is 0. The van der Waals surface area contributed by atoms with Crippen molar-refractivity contribution in [1.82, 2.24) is 14.3 Å². The highest BCUT2D eigenvalue weighted by atomic mass is 32.2. The van der Waals surface area contributed by atoms with Crippen LogP contribution in [0.1, 0.15) is 21.7 Å². The van der Waals surface area contributed by atoms with E-state index in [0.717, 1.165) is 27.1 Å². The predicted octanol–water partition coefficient (Wildman–Crippen LogP) is 6.18. The number of halogens is 1. The van der Waals surface area contributed by atoms with Crippen LogP contribution >= 0.6 is 35.3 Å². The number of aromatic nitrogens is 3. The summed E-state index contributed by atoms with van der Waals surface area (Å²) in [5.74, 6) is 0.00480. The molecule has 0 saturated carbocycles. The number of rotatable bonds is 6. The van der Waals surface area contributed by atoms with Gasteiger partial charge in [-0.1, -0.05) is 41.3 Å². The molecule has 0 aliphatic rings. The average Bonchev–Trinajstić information content (AvgIpc) is 3.26. The Kier molecular flexibility index (Phi) is 5.99. The van der Waals surface area contributed by atoms with Crippen LogP contribution in [0.15, 0.2) is 65.0 Å². The number of aryl methyl sites for hydroxylation is 1. The number of hydrogen-bond acceptors (Lipinski definition) is 5. The Morgan fingerprint density at radius 2 is 1.80 bits per heavy atom. The van der Waals surface area contributed by atoms with Crippen molar-refractivity contribution in [3.8, 4) is 11.4 Å². The third kappa shape index (κ3) is 4.16. The van der Waals surface area contributed by atoms with Crippen LogP contribution in [0.3, 0.4) is 0 Å². The molecule has 0 bridgehead atoms. The SMILES string of the molecule is Cc1cc(C(=O)CSc2nn(-c3ccccc3)c(=S)s2)c(C)n1-c1ccc(F)cc1. The molecule has 30 heavy (non-hydrogen) atoms. The van der Waals surface area contributed by atoms with Crippen LogP contribution < -0.4 is 0 Å². The standard InChI is InChI=1S/C22H18FN3OS3/c1-14-12-19(15(2)25(14)17-10-8-16(23)9-11-17)20(27)13-29-21-24-26(22(28)30-21)18-6-4-3-5-7-18/h3-12H,13H2,1-2H3. The maximum atomic E-state index is 13.3. The summed E-state index contributed by atoms with van der Waals surface area (Å²) in [6, 6.07) is 17.8. The molecule has 4 aromatic rings. The fraction of sp³-hybridized carbons (Fsp3) is 0.136. The number of carbonyl (C=O) groups is 1. The van der Waals surface area contributed by atoms with E-state index in [-0.39, 0.29) is 17.4 Å². The number of para-hydroxylation sites is 1. The summed E-state index contributed by atoms with van der Waals surface area (Å²) < 4.78 is 18.3. The van der Waals surface area contributed by atoms with Crippen LogP contribution in [-0.2, 0) is 0 Å². The second kappa shape index (κ2) is 8.67. The van der Waals surface area contributed by atoms with Crippen LogP contribution in [0, 0.1) is 23.6 Å². The van der Waals surface area contributed by atoms with Crippen molar-refractivity contribution in [3.05, 3.63) is 87.4 Å². The number of nitrogens with zero attached hydrogens (tertiary/aromatic N) is 3. The lowest BCUT2D eigenvalue weighted by atomic mass is 10.2. The minimum absolute atomic E-state index is 0.0221. The van der Waals surface area contributed by atoms with E-state index in [2.05, 4.69) is 5.10 Å². The van der Waals surface area contributed by atoms with Crippen LogP contribution in [0.25, 0.3) is 11.4 Å². The van der Waals surface area contributed by atoms with Gasteiger partial charge in [0.05, 0.1) is 11.4 Å². The van der Waals surface area contributed by atoms with Gasteiger partial charge in [-0.25, -0.2) is 9.07 Å². The second-order valence-electron chi connectivity index (χ2n) is 6.69. The molecule has 0 aliphatic carbocycles. The van der Waals surface area contributed by atoms with Gasteiger partial charge in [0.15, 0.2) is 14.1 Å². The molecule has 4 rings (SSSR count). The molecule has 152 valence electrons. The zero-order chi connectivity index (χ0) is 21.3. The lowest BCUT2D eigenvalue weighted by Gasteiger charge is -2.09. The number of Topliss-reactive ketones (excluding diaryl/α,β-unsaturated/α-hetero) is 1. The van der Waals surface area contributed by atoms with Crippen molar-refractivity contribution in [3.63, 3.8) is 0 Å². The Balaban J connectivity index is 1.52. The lowest BCUT2D eigenvalue weighted by molar-refractivity contribution is 0.102. The fourth-order valence-corrected chi connectivity index (χ4v) is 5.53. The van der Waals surface area contributed by atoms with Crippen molar-refractivity contribution < 1.29 is 9.18 Å². The summed E-state index contributed by atoms with van der Waals surface area (Å²) in [6.07, 6.45) is 0. The number of thioether (sulfide) groups is 1. The highest BCUT2D eigenvalue weighted by Gasteiger charge is 2.18. The van der Waals surface area contributed by atoms with E-state index in [4.69, 9.17) is 12.2 Å². The first-order chi connectivity index (χ1) is 14.4. The van der Waals surface area contributed by atoms with Gasteiger partial charge in [-0.3, -0.25) is 4.79 Å². The van der Waals surface area contributed by atoms with Crippen molar-refractivity contribution in [2.24, 2.45) is 0 Å². The number of ketones is 1. The van der Waals surface area contributed by atoms with Gasteiger partial charge in [0.2, 0.25) is 0 Å². The van der Waals surface area contributed by atoms with E-state index < -0.39 is 0 Å². The molecule has 0 unspecified atom stereocenters. The van der Waals surface area contributed by atoms with Crippen LogP contribution in [0.2, 0.25) is 0 Å². The normalized spacial score (nSPS) is 11.0. The predicted molar refractivity (Wildman–Crippen MR) is 123 cm³/mol. The first-order valence-electron chi connectivity index (χ1n) is 9.20. The maximum absolute atomic E-state index is 13.3. The second-order valence-corrected chi connectivity index (χ2v) is 9.53. The smallest absolute Gasteiger partial charge is 0.184 e. The van der Waals surface area contributed by atoms with E-state index in [1.165, 1.54) is 35.2 Å². The van der Waals surface area contributed by atoms with E-state index in [0.29, 0.717) is 9.52 Å². The molecule has 0 spiro atoms. The minimum Gasteiger partial charge on any atom is -0.318 e. The quantitative estimate of drug-likeness (QED) is 0.198. The van der Waals surface area contributed by atoms with E-state index in [1.54, 1.807) is 16.8 Å². The Labute approximate surface area is 187 Å². The van der Waals surface area contributed by atoms with Crippen molar-refractivity contribution in [2.45, 2.75) is 18.2 Å². The highest BCUT2D eigenvalue weighted by molar-refractivity contribution is 8.01. The van der Waals surface area contributed by atoms with Gasteiger partial charge in [0.1, 0.15) is 5.82 Å². The number of benzene rings is 2. The number of carbonyl (C=O) groups excluding carboxylic acids is 1. The molecule has 0 aliphatic heterocycles. The summed E-state index contributed by atoms with van der Waals surface area (Å²) >= 11 is 8.20. The average molecular weight is 456 g/mol. The van der Waals surface area contributed by atoms with Gasteiger partial charge < -0.3 is 4.57 Å². The third-order valence-electron chi connectivity index (χ3n) is 4.67. The molecule has 0 N–H and O–H groups in total. The molecular weight excluding hydrogens is 437 g/mol. The molecule has 0 radical (unpaired) electrons. The molecule has 0 atom stereocenters. The Morgan fingerprint density at radius 3 is 2.50 bits per heavy atom. The first kappa shape index (κ1) is 20.7. The summed E-state index contributed by atoms with van der Waals surface area (Å²) in [4.78, 5) is 12.9. The fourth-order valence-electron chi connectivity index (χ4n) is 3.29. The van der Waals surface area contributed by atoms with Gasteiger partial charge in [-0.15, -0.1) is 5.10 Å². The zero-order valence-corrected chi connectivity index (χ0v) is 18.8. The van der Waals surface area contributed by atoms with Crippen molar-refractivity contribution in [2.75, 3.05) is 5.75 Å². The van der Waals surface area contributed by atoms with Gasteiger partial charge in [-0.05, 0) is 68.5 Å². The van der Waals surface area contributed by atoms with E-state index in [1.807, 2.05) is 54.8 Å². The third-order valence-corrected chi connectivity index (χ3v) is 7.04. The topological polar surface area (TPSA) is 39.8 Å². The molecule has 0 saturated heterocycles. The Bertz CT molecular complexity index is 1260. The molecule has 2 heterocycles. The van der Waals surface area contributed by atoms with Crippen LogP contribution in [0.5, 0.6) is 0 Å². The molecule has 2 aromatic carbocycles. The van der Waals surface area contributed by atoms with Crippen molar-refractivity contribution in [1.29, 1.82) is 0 Å². The van der Waals surface area contributed by atoms with Gasteiger partial charge >= 0.3 is 0 Å². The number of hydrogen-bond donors (Lipinski definition) is 0. The largest absolute Gasteiger partial charge is 0.318 e. The van der Waals surface area contributed by atoms with Gasteiger partial charge in [0, 0.05) is 22.6 Å². The Morgan fingerprint density at radius 1 is 1.10 bits per heavy atom. The molecule has 8 heteroatoms. The summed E-state index contributed by atoms with van der Waals surface area (Å²) in [6.45, 7) is 3.84. The molecular formula is C22H18FN3OS3. The van der Waals surface area contributed by atoms with E-state index >= 15 is 0 Å². The molecule has 2 aromatic heterocycles. The van der Waals surface area contributed by atoms with Gasteiger partial charge in [0.25, 0.3) is 0 Å². The maximum Gasteiger partial charge on any atom is 0.184 e. The molecule has 4 nitrogen and oxygen atoms in total. The van der Waals surface area contributed by atoms with E-state index in [9.17, 15) is 9.18 Å². The van der Waals surface area contributed by atoms with Crippen LogP contribution in [-0.4, -0.2) is 25.9 Å². The summed E-state index contributed by atoms with van der Waals surface area (Å²) in [5, 5.41) is 4.55. The zero-order valence-electron chi connectivity index (χ0n) is 16.3.